The topological polar surface area (TPSA) is 119 Å². The lowest BCUT2D eigenvalue weighted by Crippen LogP contribution is -2.14. The zero-order valence-corrected chi connectivity index (χ0v) is 12.9. The van der Waals surface area contributed by atoms with Gasteiger partial charge in [0.15, 0.2) is 5.75 Å². The van der Waals surface area contributed by atoms with E-state index in [4.69, 9.17) is 9.84 Å². The molecule has 2 aromatic heterocycles. The van der Waals surface area contributed by atoms with E-state index in [1.165, 1.54) is 17.1 Å². The first-order valence-corrected chi connectivity index (χ1v) is 7.09. The minimum Gasteiger partial charge on any atom is -0.491 e. The first kappa shape index (κ1) is 15.5. The van der Waals surface area contributed by atoms with E-state index in [2.05, 4.69) is 19.8 Å². The highest BCUT2D eigenvalue weighted by molar-refractivity contribution is 5.79. The Labute approximate surface area is 135 Å². The van der Waals surface area contributed by atoms with Gasteiger partial charge in [-0.05, 0) is 26.0 Å². The van der Waals surface area contributed by atoms with Crippen LogP contribution in [0.1, 0.15) is 13.8 Å². The molecule has 9 nitrogen and oxygen atoms in total. The fourth-order valence-electron chi connectivity index (χ4n) is 2.14. The number of fused-ring (bicyclic) bond motifs is 1. The molecular formula is C15H14N4O5. The van der Waals surface area contributed by atoms with Crippen LogP contribution in [0.2, 0.25) is 0 Å². The normalized spacial score (nSPS) is 11.0. The Morgan fingerprint density at radius 3 is 2.83 bits per heavy atom. The largest absolute Gasteiger partial charge is 0.511 e. The van der Waals surface area contributed by atoms with E-state index in [1.807, 2.05) is 13.8 Å². The Bertz CT molecular complexity index is 960. The molecule has 0 saturated carbocycles. The monoisotopic (exact) mass is 330 g/mol. The van der Waals surface area contributed by atoms with Gasteiger partial charge in [-0.25, -0.2) is 14.5 Å². The molecule has 0 aliphatic heterocycles. The number of hydrogen-bond acceptors (Lipinski definition) is 6. The summed E-state index contributed by atoms with van der Waals surface area (Å²) in [5.41, 5.74) is 0.0883. The highest BCUT2D eigenvalue weighted by atomic mass is 16.7. The number of carboxylic acid groups (broad SMARTS) is 1. The van der Waals surface area contributed by atoms with Gasteiger partial charge in [0, 0.05) is 6.07 Å². The van der Waals surface area contributed by atoms with Crippen LogP contribution in [0.5, 0.6) is 11.5 Å². The molecule has 3 aromatic rings. The van der Waals surface area contributed by atoms with Crippen LogP contribution < -0.4 is 15.0 Å². The molecule has 0 fully saturated rings. The SMILES string of the molecule is CC(C)Oc1ccc2c(=O)[nH]c(-n3cc(OC(=O)O)cn3)nc2c1. The molecule has 0 amide bonds. The Morgan fingerprint density at radius 2 is 2.12 bits per heavy atom. The smallest absolute Gasteiger partial charge is 0.491 e. The van der Waals surface area contributed by atoms with Crippen LogP contribution in [0.25, 0.3) is 16.9 Å². The van der Waals surface area contributed by atoms with Gasteiger partial charge in [0.1, 0.15) is 5.75 Å². The molecule has 9 heteroatoms. The Hall–Kier alpha value is -3.36. The molecule has 0 atom stereocenters. The van der Waals surface area contributed by atoms with Crippen molar-refractivity contribution in [2.75, 3.05) is 0 Å². The predicted molar refractivity (Wildman–Crippen MR) is 83.9 cm³/mol. The summed E-state index contributed by atoms with van der Waals surface area (Å²) in [7, 11) is 0. The van der Waals surface area contributed by atoms with Gasteiger partial charge < -0.3 is 14.6 Å². The van der Waals surface area contributed by atoms with Crippen LogP contribution in [0.15, 0.2) is 35.4 Å². The lowest BCUT2D eigenvalue weighted by atomic mass is 10.2. The molecule has 0 unspecified atom stereocenters. The highest BCUT2D eigenvalue weighted by Crippen LogP contribution is 2.19. The maximum atomic E-state index is 12.2. The number of ether oxygens (including phenoxy) is 2. The summed E-state index contributed by atoms with van der Waals surface area (Å²) in [5, 5.41) is 12.9. The average Bonchev–Trinajstić information content (AvgIpc) is 2.93. The number of nitrogens with one attached hydrogen (secondary N) is 1. The summed E-state index contributed by atoms with van der Waals surface area (Å²) < 4.78 is 11.3. The van der Waals surface area contributed by atoms with Gasteiger partial charge in [0.25, 0.3) is 5.56 Å². The van der Waals surface area contributed by atoms with Crippen LogP contribution in [0, 0.1) is 0 Å². The number of carbonyl (C=O) groups is 1. The first-order chi connectivity index (χ1) is 11.4. The number of benzene rings is 1. The van der Waals surface area contributed by atoms with Crippen molar-refractivity contribution in [3.05, 3.63) is 40.9 Å². The molecule has 0 spiro atoms. The molecule has 2 heterocycles. The summed E-state index contributed by atoms with van der Waals surface area (Å²) >= 11 is 0. The molecular weight excluding hydrogens is 316 g/mol. The van der Waals surface area contributed by atoms with Crippen LogP contribution in [0.4, 0.5) is 4.79 Å². The van der Waals surface area contributed by atoms with Crippen molar-refractivity contribution in [3.63, 3.8) is 0 Å². The number of aromatic amines is 1. The van der Waals surface area contributed by atoms with Gasteiger partial charge in [-0.3, -0.25) is 9.78 Å². The third-order valence-corrected chi connectivity index (χ3v) is 3.02. The van der Waals surface area contributed by atoms with E-state index in [-0.39, 0.29) is 23.4 Å². The lowest BCUT2D eigenvalue weighted by molar-refractivity contribution is 0.144. The fourth-order valence-corrected chi connectivity index (χ4v) is 2.14. The van der Waals surface area contributed by atoms with Gasteiger partial charge in [-0.2, -0.15) is 5.10 Å². The molecule has 24 heavy (non-hydrogen) atoms. The molecule has 0 bridgehead atoms. The second-order valence-corrected chi connectivity index (χ2v) is 5.22. The lowest BCUT2D eigenvalue weighted by Gasteiger charge is -2.10. The number of nitrogens with zero attached hydrogens (tertiary/aromatic N) is 3. The van der Waals surface area contributed by atoms with Crippen molar-refractivity contribution in [1.29, 1.82) is 0 Å². The summed E-state index contributed by atoms with van der Waals surface area (Å²) in [4.78, 5) is 29.6. The molecule has 1 aromatic carbocycles. The summed E-state index contributed by atoms with van der Waals surface area (Å²) in [6.07, 6.45) is 1.04. The van der Waals surface area contributed by atoms with Crippen molar-refractivity contribution >= 4 is 17.1 Å². The Morgan fingerprint density at radius 1 is 1.33 bits per heavy atom. The minimum atomic E-state index is -1.45. The van der Waals surface area contributed by atoms with Gasteiger partial charge in [0.05, 0.1) is 29.4 Å². The number of aromatic nitrogens is 4. The maximum Gasteiger partial charge on any atom is 0.511 e. The zero-order chi connectivity index (χ0) is 17.3. The molecule has 0 radical (unpaired) electrons. The highest BCUT2D eigenvalue weighted by Gasteiger charge is 2.10. The number of hydrogen-bond donors (Lipinski definition) is 2. The number of H-pyrrole nitrogens is 1. The average molecular weight is 330 g/mol. The predicted octanol–water partition coefficient (Wildman–Crippen LogP) is 1.95. The zero-order valence-electron chi connectivity index (χ0n) is 12.9. The standard InChI is InChI=1S/C15H14N4O5/c1-8(2)23-9-3-4-11-12(5-9)17-14(18-13(11)20)19-7-10(6-16-19)24-15(21)22/h3-8H,1-2H3,(H,21,22)(H,17,18,20). The minimum absolute atomic E-state index is 0.00856. The molecule has 0 aliphatic rings. The van der Waals surface area contributed by atoms with Crippen molar-refractivity contribution in [2.45, 2.75) is 20.0 Å². The van der Waals surface area contributed by atoms with Crippen molar-refractivity contribution in [2.24, 2.45) is 0 Å². The van der Waals surface area contributed by atoms with E-state index in [0.717, 1.165) is 0 Å². The van der Waals surface area contributed by atoms with Crippen LogP contribution in [-0.4, -0.2) is 37.1 Å². The molecule has 124 valence electrons. The summed E-state index contributed by atoms with van der Waals surface area (Å²) in [6.45, 7) is 3.79. The molecule has 0 aliphatic carbocycles. The van der Waals surface area contributed by atoms with E-state index < -0.39 is 6.16 Å². The van der Waals surface area contributed by atoms with Crippen molar-refractivity contribution in [1.82, 2.24) is 19.7 Å². The Balaban J connectivity index is 2.03. The number of rotatable bonds is 4. The maximum absolute atomic E-state index is 12.2. The Kier molecular flexibility index (Phi) is 3.90. The van der Waals surface area contributed by atoms with Gasteiger partial charge in [0.2, 0.25) is 5.95 Å². The molecule has 3 rings (SSSR count). The first-order valence-electron chi connectivity index (χ1n) is 7.09. The van der Waals surface area contributed by atoms with Crippen LogP contribution >= 0.6 is 0 Å². The van der Waals surface area contributed by atoms with E-state index >= 15 is 0 Å². The summed E-state index contributed by atoms with van der Waals surface area (Å²) in [6, 6.07) is 4.99. The third kappa shape index (κ3) is 3.19. The van der Waals surface area contributed by atoms with E-state index in [9.17, 15) is 9.59 Å². The van der Waals surface area contributed by atoms with Crippen LogP contribution in [-0.2, 0) is 0 Å². The second kappa shape index (κ2) is 6.03. The quantitative estimate of drug-likeness (QED) is 0.702. The fraction of sp³-hybridized carbons (Fsp3) is 0.200. The second-order valence-electron chi connectivity index (χ2n) is 5.22. The van der Waals surface area contributed by atoms with Crippen LogP contribution in [0.3, 0.4) is 0 Å². The van der Waals surface area contributed by atoms with Crippen molar-refractivity contribution < 1.29 is 19.4 Å². The van der Waals surface area contributed by atoms with Gasteiger partial charge >= 0.3 is 6.16 Å². The van der Waals surface area contributed by atoms with E-state index in [0.29, 0.717) is 16.7 Å². The van der Waals surface area contributed by atoms with Crippen molar-refractivity contribution in [3.8, 4) is 17.4 Å². The van der Waals surface area contributed by atoms with E-state index in [1.54, 1.807) is 18.2 Å². The third-order valence-electron chi connectivity index (χ3n) is 3.02. The molecule has 2 N–H and O–H groups in total. The summed E-state index contributed by atoms with van der Waals surface area (Å²) in [5.74, 6) is 0.744. The van der Waals surface area contributed by atoms with Gasteiger partial charge in [-0.15, -0.1) is 0 Å². The molecule has 0 saturated heterocycles. The van der Waals surface area contributed by atoms with Gasteiger partial charge in [-0.1, -0.05) is 0 Å².